The van der Waals surface area contributed by atoms with Gasteiger partial charge in [0.05, 0.1) is 0 Å². The van der Waals surface area contributed by atoms with Crippen LogP contribution in [0.1, 0.15) is 18.4 Å². The minimum atomic E-state index is -1.82. The third kappa shape index (κ3) is 4.56. The maximum absolute atomic E-state index is 9.10. The molecule has 1 saturated heterocycles. The van der Waals surface area contributed by atoms with Crippen molar-refractivity contribution in [2.45, 2.75) is 25.3 Å². The van der Waals surface area contributed by atoms with Crippen LogP contribution in [0.25, 0.3) is 10.9 Å². The van der Waals surface area contributed by atoms with E-state index in [1.807, 2.05) is 0 Å². The van der Waals surface area contributed by atoms with Gasteiger partial charge in [0.15, 0.2) is 0 Å². The molecule has 1 aliphatic rings. The molecule has 0 saturated carbocycles. The van der Waals surface area contributed by atoms with E-state index in [4.69, 9.17) is 19.8 Å². The van der Waals surface area contributed by atoms with Gasteiger partial charge in [0.1, 0.15) is 0 Å². The summed E-state index contributed by atoms with van der Waals surface area (Å²) < 4.78 is 1.16. The summed E-state index contributed by atoms with van der Waals surface area (Å²) in [4.78, 5) is 24.0. The molecule has 23 heavy (non-hydrogen) atoms. The minimum Gasteiger partial charge on any atom is -0.473 e. The normalized spacial score (nSPS) is 17.7. The number of rotatable bonds is 2. The molecule has 3 N–H and O–H groups in total. The summed E-state index contributed by atoms with van der Waals surface area (Å²) in [6.45, 7) is 1.25. The number of nitrogens with one attached hydrogen (secondary N) is 1. The van der Waals surface area contributed by atoms with Crippen molar-refractivity contribution < 1.29 is 19.8 Å². The summed E-state index contributed by atoms with van der Waals surface area (Å²) >= 11 is 3.55. The number of fused-ring (bicyclic) bond motifs is 1. The zero-order valence-corrected chi connectivity index (χ0v) is 14.3. The Morgan fingerprint density at radius 3 is 2.61 bits per heavy atom. The third-order valence-corrected chi connectivity index (χ3v) is 4.53. The quantitative estimate of drug-likeness (QED) is 0.694. The van der Waals surface area contributed by atoms with E-state index in [2.05, 4.69) is 57.3 Å². The first-order valence-electron chi connectivity index (χ1n) is 7.30. The molecule has 2 aromatic rings. The van der Waals surface area contributed by atoms with Crippen LogP contribution >= 0.6 is 15.9 Å². The lowest BCUT2D eigenvalue weighted by atomic mass is 10.0. The lowest BCUT2D eigenvalue weighted by Gasteiger charge is -2.18. The Morgan fingerprint density at radius 2 is 2.04 bits per heavy atom. The predicted octanol–water partition coefficient (Wildman–Crippen LogP) is 2.72. The van der Waals surface area contributed by atoms with Gasteiger partial charge in [0, 0.05) is 27.6 Å². The number of aromatic amines is 1. The molecule has 1 aliphatic heterocycles. The molecule has 3 rings (SSSR count). The largest absolute Gasteiger partial charge is 0.473 e. The Morgan fingerprint density at radius 1 is 1.35 bits per heavy atom. The number of hydrogen-bond donors (Lipinski definition) is 3. The Labute approximate surface area is 142 Å². The number of hydrogen-bond acceptors (Lipinski definition) is 3. The van der Waals surface area contributed by atoms with Crippen molar-refractivity contribution in [3.63, 3.8) is 0 Å². The van der Waals surface area contributed by atoms with E-state index in [9.17, 15) is 0 Å². The molecule has 1 unspecified atom stereocenters. The summed E-state index contributed by atoms with van der Waals surface area (Å²) in [6, 6.07) is 7.16. The molecule has 1 aromatic heterocycles. The molecule has 1 fully saturated rings. The zero-order valence-electron chi connectivity index (χ0n) is 12.8. The zero-order chi connectivity index (χ0) is 17.0. The fourth-order valence-electron chi connectivity index (χ4n) is 2.81. The standard InChI is InChI=1S/C14H17BrN2.C2H2O4/c1-17-6-2-3-12(17)7-10-9-16-14-5-4-11(15)8-13(10)14;3-1(4)2(5)6/h4-5,8-9,12,16H,2-3,6-7H2,1H3;(H,3,4)(H,5,6). The topological polar surface area (TPSA) is 93.6 Å². The van der Waals surface area contributed by atoms with E-state index in [-0.39, 0.29) is 0 Å². The smallest absolute Gasteiger partial charge is 0.414 e. The minimum absolute atomic E-state index is 0.716. The molecular weight excluding hydrogens is 364 g/mol. The summed E-state index contributed by atoms with van der Waals surface area (Å²) in [5.74, 6) is -3.65. The van der Waals surface area contributed by atoms with Crippen molar-refractivity contribution in [1.29, 1.82) is 0 Å². The summed E-state index contributed by atoms with van der Waals surface area (Å²) in [5, 5.41) is 16.1. The molecule has 1 atom stereocenters. The highest BCUT2D eigenvalue weighted by Crippen LogP contribution is 2.26. The van der Waals surface area contributed by atoms with E-state index >= 15 is 0 Å². The van der Waals surface area contributed by atoms with E-state index < -0.39 is 11.9 Å². The van der Waals surface area contributed by atoms with Crippen LogP contribution in [0.15, 0.2) is 28.9 Å². The average Bonchev–Trinajstić information content (AvgIpc) is 3.07. The highest BCUT2D eigenvalue weighted by molar-refractivity contribution is 9.10. The van der Waals surface area contributed by atoms with E-state index in [1.54, 1.807) is 0 Å². The molecule has 0 spiro atoms. The monoisotopic (exact) mass is 382 g/mol. The van der Waals surface area contributed by atoms with Crippen LogP contribution in [-0.2, 0) is 16.0 Å². The lowest BCUT2D eigenvalue weighted by molar-refractivity contribution is -0.159. The Kier molecular flexibility index (Phi) is 5.79. The van der Waals surface area contributed by atoms with Crippen molar-refractivity contribution in [3.05, 3.63) is 34.4 Å². The number of likely N-dealkylation sites (tertiary alicyclic amines) is 1. The Balaban J connectivity index is 0.000000277. The fourth-order valence-corrected chi connectivity index (χ4v) is 3.17. The van der Waals surface area contributed by atoms with Crippen molar-refractivity contribution in [2.75, 3.05) is 13.6 Å². The van der Waals surface area contributed by atoms with Crippen LogP contribution < -0.4 is 0 Å². The van der Waals surface area contributed by atoms with Gasteiger partial charge in [-0.15, -0.1) is 0 Å². The molecular formula is C16H19BrN2O4. The molecule has 1 aromatic carbocycles. The van der Waals surface area contributed by atoms with Gasteiger partial charge in [-0.3, -0.25) is 0 Å². The van der Waals surface area contributed by atoms with Crippen LogP contribution in [0.5, 0.6) is 0 Å². The van der Waals surface area contributed by atoms with E-state index in [0.29, 0.717) is 6.04 Å². The molecule has 2 heterocycles. The van der Waals surface area contributed by atoms with Gasteiger partial charge in [0.2, 0.25) is 0 Å². The van der Waals surface area contributed by atoms with Crippen LogP contribution in [0.3, 0.4) is 0 Å². The van der Waals surface area contributed by atoms with Crippen molar-refractivity contribution in [3.8, 4) is 0 Å². The number of H-pyrrole nitrogens is 1. The van der Waals surface area contributed by atoms with Gasteiger partial charge in [-0.25, -0.2) is 9.59 Å². The first kappa shape index (κ1) is 17.5. The first-order valence-corrected chi connectivity index (χ1v) is 8.09. The lowest BCUT2D eigenvalue weighted by Crippen LogP contribution is -2.26. The van der Waals surface area contributed by atoms with Crippen molar-refractivity contribution >= 4 is 38.8 Å². The second-order valence-electron chi connectivity index (χ2n) is 5.59. The summed E-state index contributed by atoms with van der Waals surface area (Å²) in [5.41, 5.74) is 2.68. The van der Waals surface area contributed by atoms with E-state index in [0.717, 1.165) is 10.9 Å². The number of aliphatic carboxylic acids is 2. The SMILES string of the molecule is CN1CCCC1Cc1c[nH]c2ccc(Br)cc12.O=C(O)C(=O)O. The van der Waals surface area contributed by atoms with Gasteiger partial charge in [-0.1, -0.05) is 15.9 Å². The van der Waals surface area contributed by atoms with Crippen LogP contribution in [0, 0.1) is 0 Å². The highest BCUT2D eigenvalue weighted by atomic mass is 79.9. The second-order valence-corrected chi connectivity index (χ2v) is 6.51. The number of nitrogens with zero attached hydrogens (tertiary/aromatic N) is 1. The molecule has 124 valence electrons. The highest BCUT2D eigenvalue weighted by Gasteiger charge is 2.21. The molecule has 0 aliphatic carbocycles. The number of carboxylic acid groups (broad SMARTS) is 2. The molecule has 0 radical (unpaired) electrons. The Hall–Kier alpha value is -1.86. The van der Waals surface area contributed by atoms with Crippen LogP contribution in [0.4, 0.5) is 0 Å². The van der Waals surface area contributed by atoms with Gasteiger partial charge < -0.3 is 20.1 Å². The fraction of sp³-hybridized carbons (Fsp3) is 0.375. The van der Waals surface area contributed by atoms with Crippen molar-refractivity contribution in [2.24, 2.45) is 0 Å². The number of aromatic nitrogens is 1. The second kappa shape index (κ2) is 7.61. The maximum Gasteiger partial charge on any atom is 0.414 e. The summed E-state index contributed by atoms with van der Waals surface area (Å²) in [6.07, 6.45) is 6.00. The maximum atomic E-state index is 9.10. The molecule has 7 heteroatoms. The number of likely N-dealkylation sites (N-methyl/N-ethyl adjacent to an activating group) is 1. The number of halogens is 1. The summed E-state index contributed by atoms with van der Waals surface area (Å²) in [7, 11) is 2.24. The number of benzene rings is 1. The average molecular weight is 383 g/mol. The Bertz CT molecular complexity index is 701. The van der Waals surface area contributed by atoms with Gasteiger partial charge in [-0.05, 0) is 56.6 Å². The van der Waals surface area contributed by atoms with Gasteiger partial charge >= 0.3 is 11.9 Å². The van der Waals surface area contributed by atoms with Crippen LogP contribution in [0.2, 0.25) is 0 Å². The molecule has 0 amide bonds. The number of carboxylic acids is 2. The third-order valence-electron chi connectivity index (χ3n) is 4.04. The van der Waals surface area contributed by atoms with E-state index in [1.165, 1.54) is 35.9 Å². The van der Waals surface area contributed by atoms with Gasteiger partial charge in [0.25, 0.3) is 0 Å². The molecule has 0 bridgehead atoms. The van der Waals surface area contributed by atoms with Gasteiger partial charge in [-0.2, -0.15) is 0 Å². The van der Waals surface area contributed by atoms with Crippen LogP contribution in [-0.4, -0.2) is 51.7 Å². The molecule has 6 nitrogen and oxygen atoms in total. The number of carbonyl (C=O) groups is 2. The van der Waals surface area contributed by atoms with Crippen molar-refractivity contribution in [1.82, 2.24) is 9.88 Å². The predicted molar refractivity (Wildman–Crippen MR) is 90.6 cm³/mol. The first-order chi connectivity index (χ1) is 10.9.